The molecule has 1 aromatic heterocycles. The molecule has 27 heavy (non-hydrogen) atoms. The number of hydrogen-bond donors (Lipinski definition) is 2. The second-order valence-electron chi connectivity index (χ2n) is 5.84. The third-order valence-corrected chi connectivity index (χ3v) is 5.72. The molecule has 7 heteroatoms. The quantitative estimate of drug-likeness (QED) is 0.533. The number of carbonyl (C=O) groups excluding carboxylic acids is 2. The monoisotopic (exact) mass is 446 g/mol. The van der Waals surface area contributed by atoms with Gasteiger partial charge in [0.2, 0.25) is 0 Å². The molecule has 0 aliphatic rings. The third kappa shape index (κ3) is 4.48. The van der Waals surface area contributed by atoms with E-state index in [1.54, 1.807) is 13.2 Å². The second-order valence-corrected chi connectivity index (χ2v) is 7.58. The summed E-state index contributed by atoms with van der Waals surface area (Å²) in [5.74, 6) is 0.219. The molecule has 0 saturated carbocycles. The van der Waals surface area contributed by atoms with Crippen LogP contribution in [-0.2, 0) is 0 Å². The van der Waals surface area contributed by atoms with Crippen molar-refractivity contribution in [1.29, 1.82) is 0 Å². The van der Waals surface area contributed by atoms with E-state index in [2.05, 4.69) is 26.6 Å². The second kappa shape index (κ2) is 9.01. The molecule has 1 heterocycles. The molecule has 0 atom stereocenters. The summed E-state index contributed by atoms with van der Waals surface area (Å²) in [5.41, 5.74) is 0.477. The highest BCUT2D eigenvalue weighted by Crippen LogP contribution is 2.36. The molecule has 0 aliphatic heterocycles. The van der Waals surface area contributed by atoms with Crippen molar-refractivity contribution in [2.75, 3.05) is 20.2 Å². The zero-order chi connectivity index (χ0) is 19.2. The number of ether oxygens (including phenoxy) is 1. The molecular weight excluding hydrogens is 428 g/mol. The Labute approximate surface area is 169 Å². The van der Waals surface area contributed by atoms with Crippen LogP contribution in [0.3, 0.4) is 0 Å². The van der Waals surface area contributed by atoms with E-state index in [1.165, 1.54) is 11.3 Å². The maximum atomic E-state index is 12.6. The molecule has 0 spiro atoms. The zero-order valence-corrected chi connectivity index (χ0v) is 17.2. The summed E-state index contributed by atoms with van der Waals surface area (Å²) in [6, 6.07) is 13.2. The number of nitrogens with one attached hydrogen (secondary N) is 2. The summed E-state index contributed by atoms with van der Waals surface area (Å²) in [5, 5.41) is 9.54. The predicted octanol–water partition coefficient (Wildman–Crippen LogP) is 4.22. The van der Waals surface area contributed by atoms with Gasteiger partial charge in [0.05, 0.1) is 22.0 Å². The first kappa shape index (κ1) is 19.4. The predicted molar refractivity (Wildman–Crippen MR) is 112 cm³/mol. The molecule has 0 bridgehead atoms. The van der Waals surface area contributed by atoms with Crippen LogP contribution in [0, 0.1) is 0 Å². The van der Waals surface area contributed by atoms with Gasteiger partial charge in [-0.15, -0.1) is 11.3 Å². The number of amides is 2. The van der Waals surface area contributed by atoms with E-state index < -0.39 is 0 Å². The largest absolute Gasteiger partial charge is 0.495 e. The zero-order valence-electron chi connectivity index (χ0n) is 14.8. The lowest BCUT2D eigenvalue weighted by Crippen LogP contribution is -2.29. The van der Waals surface area contributed by atoms with E-state index in [1.807, 2.05) is 41.8 Å². The summed E-state index contributed by atoms with van der Waals surface area (Å²) in [6.45, 7) is 0.951. The Morgan fingerprint density at radius 3 is 2.52 bits per heavy atom. The van der Waals surface area contributed by atoms with Gasteiger partial charge >= 0.3 is 0 Å². The molecule has 0 aliphatic carbocycles. The fraction of sp³-hybridized carbons (Fsp3) is 0.200. The van der Waals surface area contributed by atoms with Gasteiger partial charge in [-0.3, -0.25) is 9.59 Å². The average molecular weight is 447 g/mol. The first-order valence-electron chi connectivity index (χ1n) is 8.47. The molecule has 140 valence electrons. The minimum Gasteiger partial charge on any atom is -0.495 e. The van der Waals surface area contributed by atoms with E-state index in [9.17, 15) is 9.59 Å². The Morgan fingerprint density at radius 2 is 1.81 bits per heavy atom. The van der Waals surface area contributed by atoms with Crippen LogP contribution in [0.1, 0.15) is 26.5 Å². The summed E-state index contributed by atoms with van der Waals surface area (Å²) in [7, 11) is 1.55. The Kier molecular flexibility index (Phi) is 6.47. The van der Waals surface area contributed by atoms with Gasteiger partial charge in [0, 0.05) is 13.1 Å². The van der Waals surface area contributed by atoms with Gasteiger partial charge < -0.3 is 15.4 Å². The number of rotatable bonds is 7. The SMILES string of the molecule is COc1c(C(=O)NCCCNC(=O)c2cccs2)cc2ccccc2c1Br. The fourth-order valence-corrected chi connectivity index (χ4v) is 4.11. The summed E-state index contributed by atoms with van der Waals surface area (Å²) in [6.07, 6.45) is 0.639. The van der Waals surface area contributed by atoms with Crippen molar-refractivity contribution in [2.24, 2.45) is 0 Å². The normalized spacial score (nSPS) is 10.6. The number of halogens is 1. The van der Waals surface area contributed by atoms with Crippen molar-refractivity contribution in [1.82, 2.24) is 10.6 Å². The van der Waals surface area contributed by atoms with Crippen LogP contribution in [0.15, 0.2) is 52.3 Å². The maximum Gasteiger partial charge on any atom is 0.261 e. The first-order chi connectivity index (χ1) is 13.1. The maximum absolute atomic E-state index is 12.6. The Bertz CT molecular complexity index is 957. The van der Waals surface area contributed by atoms with Crippen molar-refractivity contribution >= 4 is 49.9 Å². The molecule has 2 amide bonds. The van der Waals surface area contributed by atoms with Gasteiger partial charge in [-0.2, -0.15) is 0 Å². The van der Waals surface area contributed by atoms with Crippen LogP contribution in [0.2, 0.25) is 0 Å². The number of thiophene rings is 1. The molecule has 0 radical (unpaired) electrons. The topological polar surface area (TPSA) is 67.4 Å². The lowest BCUT2D eigenvalue weighted by atomic mass is 10.1. The Hall–Kier alpha value is -2.38. The molecule has 0 unspecified atom stereocenters. The van der Waals surface area contributed by atoms with E-state index in [0.29, 0.717) is 35.7 Å². The van der Waals surface area contributed by atoms with Crippen LogP contribution in [-0.4, -0.2) is 32.0 Å². The summed E-state index contributed by atoms with van der Waals surface area (Å²) < 4.78 is 6.20. The highest BCUT2D eigenvalue weighted by Gasteiger charge is 2.17. The van der Waals surface area contributed by atoms with Crippen LogP contribution in [0.25, 0.3) is 10.8 Å². The van der Waals surface area contributed by atoms with Gasteiger partial charge in [-0.1, -0.05) is 30.3 Å². The average Bonchev–Trinajstić information content (AvgIpc) is 3.22. The number of benzene rings is 2. The molecule has 2 N–H and O–H groups in total. The molecule has 3 aromatic rings. The molecular formula is C20H19BrN2O3S. The lowest BCUT2D eigenvalue weighted by Gasteiger charge is -2.13. The molecule has 2 aromatic carbocycles. The minimum absolute atomic E-state index is 0.0866. The number of carbonyl (C=O) groups is 2. The summed E-state index contributed by atoms with van der Waals surface area (Å²) in [4.78, 5) is 25.2. The minimum atomic E-state index is -0.206. The van der Waals surface area contributed by atoms with E-state index in [0.717, 1.165) is 15.2 Å². The number of methoxy groups -OCH3 is 1. The first-order valence-corrected chi connectivity index (χ1v) is 10.1. The van der Waals surface area contributed by atoms with Crippen molar-refractivity contribution < 1.29 is 14.3 Å². The van der Waals surface area contributed by atoms with Gasteiger partial charge in [-0.05, 0) is 50.6 Å². The van der Waals surface area contributed by atoms with Gasteiger partial charge in [-0.25, -0.2) is 0 Å². The van der Waals surface area contributed by atoms with E-state index in [4.69, 9.17) is 4.74 Å². The van der Waals surface area contributed by atoms with Crippen molar-refractivity contribution in [3.8, 4) is 5.75 Å². The smallest absolute Gasteiger partial charge is 0.261 e. The summed E-state index contributed by atoms with van der Waals surface area (Å²) >= 11 is 4.94. The van der Waals surface area contributed by atoms with E-state index >= 15 is 0 Å². The standard InChI is InChI=1S/C20H19BrN2O3S/c1-26-18-15(12-13-6-2-3-7-14(13)17(18)21)19(24)22-9-5-10-23-20(25)16-8-4-11-27-16/h2-4,6-8,11-12H,5,9-10H2,1H3,(H,22,24)(H,23,25). The van der Waals surface area contributed by atoms with Crippen molar-refractivity contribution in [3.63, 3.8) is 0 Å². The highest BCUT2D eigenvalue weighted by atomic mass is 79.9. The fourth-order valence-electron chi connectivity index (χ4n) is 2.73. The van der Waals surface area contributed by atoms with Crippen LogP contribution in [0.5, 0.6) is 5.75 Å². The molecule has 5 nitrogen and oxygen atoms in total. The van der Waals surface area contributed by atoms with Crippen LogP contribution < -0.4 is 15.4 Å². The number of fused-ring (bicyclic) bond motifs is 1. The van der Waals surface area contributed by atoms with Crippen LogP contribution >= 0.6 is 27.3 Å². The lowest BCUT2D eigenvalue weighted by molar-refractivity contribution is 0.0950. The number of hydrogen-bond acceptors (Lipinski definition) is 4. The van der Waals surface area contributed by atoms with Crippen molar-refractivity contribution in [3.05, 3.63) is 62.8 Å². The van der Waals surface area contributed by atoms with Gasteiger partial charge in [0.15, 0.2) is 0 Å². The van der Waals surface area contributed by atoms with Crippen LogP contribution in [0.4, 0.5) is 0 Å². The van der Waals surface area contributed by atoms with E-state index in [-0.39, 0.29) is 11.8 Å². The van der Waals surface area contributed by atoms with Gasteiger partial charge in [0.25, 0.3) is 11.8 Å². The molecule has 0 fully saturated rings. The molecule has 3 rings (SSSR count). The third-order valence-electron chi connectivity index (χ3n) is 4.06. The molecule has 0 saturated heterocycles. The van der Waals surface area contributed by atoms with Crippen molar-refractivity contribution in [2.45, 2.75) is 6.42 Å². The van der Waals surface area contributed by atoms with Gasteiger partial charge in [0.1, 0.15) is 5.75 Å². The highest BCUT2D eigenvalue weighted by molar-refractivity contribution is 9.10. The Morgan fingerprint density at radius 1 is 1.07 bits per heavy atom. The Balaban J connectivity index is 1.58.